The summed E-state index contributed by atoms with van der Waals surface area (Å²) in [6.07, 6.45) is 0. The fourth-order valence-electron chi connectivity index (χ4n) is 7.24. The van der Waals surface area contributed by atoms with Crippen LogP contribution in [0.5, 0.6) is 0 Å². The zero-order chi connectivity index (χ0) is 30.2. The predicted octanol–water partition coefficient (Wildman–Crippen LogP) is 10.6. The molecule has 10 aromatic rings. The quantitative estimate of drug-likeness (QED) is 0.193. The fraction of sp³-hybridized carbons (Fsp3) is 0. The maximum Gasteiger partial charge on any atom is 0.162 e. The number of benzene rings is 6. The van der Waals surface area contributed by atoms with E-state index in [4.69, 9.17) is 9.97 Å². The Morgan fingerprint density at radius 3 is 1.67 bits per heavy atom. The summed E-state index contributed by atoms with van der Waals surface area (Å²) in [5.41, 5.74) is 8.80. The van der Waals surface area contributed by atoms with Crippen LogP contribution >= 0.6 is 0 Å². The Morgan fingerprint density at radius 2 is 0.935 bits per heavy atom. The van der Waals surface area contributed by atoms with Gasteiger partial charge >= 0.3 is 0 Å². The van der Waals surface area contributed by atoms with Crippen molar-refractivity contribution in [3.05, 3.63) is 158 Å². The summed E-state index contributed by atoms with van der Waals surface area (Å²) in [7, 11) is 0. The molecule has 0 amide bonds. The van der Waals surface area contributed by atoms with Crippen LogP contribution in [0.4, 0.5) is 0 Å². The van der Waals surface area contributed by atoms with E-state index in [9.17, 15) is 0 Å². The lowest BCUT2D eigenvalue weighted by molar-refractivity contribution is 1.05. The van der Waals surface area contributed by atoms with Crippen molar-refractivity contribution in [1.82, 2.24) is 18.9 Å². The van der Waals surface area contributed by atoms with E-state index in [0.717, 1.165) is 33.7 Å². The van der Waals surface area contributed by atoms with E-state index in [2.05, 4.69) is 142 Å². The monoisotopic (exact) mass is 586 g/mol. The Balaban J connectivity index is 1.33. The van der Waals surface area contributed by atoms with Gasteiger partial charge in [-0.15, -0.1) is 0 Å². The Morgan fingerprint density at radius 1 is 0.370 bits per heavy atom. The molecule has 0 atom stereocenters. The van der Waals surface area contributed by atoms with Crippen LogP contribution in [-0.4, -0.2) is 18.9 Å². The first-order valence-corrected chi connectivity index (χ1v) is 15.6. The van der Waals surface area contributed by atoms with Gasteiger partial charge in [0.05, 0.1) is 33.3 Å². The normalized spacial score (nSPS) is 11.9. The van der Waals surface area contributed by atoms with E-state index in [1.807, 2.05) is 24.3 Å². The van der Waals surface area contributed by atoms with E-state index in [-0.39, 0.29) is 0 Å². The van der Waals surface area contributed by atoms with Gasteiger partial charge in [-0.2, -0.15) is 0 Å². The van der Waals surface area contributed by atoms with Gasteiger partial charge in [-0.05, 0) is 35.7 Å². The van der Waals surface area contributed by atoms with Gasteiger partial charge in [0, 0.05) is 44.1 Å². The van der Waals surface area contributed by atoms with Crippen molar-refractivity contribution in [1.29, 1.82) is 0 Å². The Bertz CT molecular complexity index is 2730. The first-order chi connectivity index (χ1) is 22.8. The second-order valence-electron chi connectivity index (χ2n) is 11.9. The fourth-order valence-corrected chi connectivity index (χ4v) is 7.24. The molecule has 0 spiro atoms. The molecule has 0 saturated heterocycles. The zero-order valence-corrected chi connectivity index (χ0v) is 24.8. The number of hydrogen-bond donors (Lipinski definition) is 0. The minimum atomic E-state index is 0.705. The molecule has 0 radical (unpaired) electrons. The molecule has 214 valence electrons. The molecule has 0 fully saturated rings. The van der Waals surface area contributed by atoms with Crippen molar-refractivity contribution in [2.45, 2.75) is 0 Å². The summed E-state index contributed by atoms with van der Waals surface area (Å²) in [6, 6.07) is 55.9. The van der Waals surface area contributed by atoms with Crippen LogP contribution in [0.2, 0.25) is 0 Å². The molecule has 0 unspecified atom stereocenters. The first-order valence-electron chi connectivity index (χ1n) is 15.6. The lowest BCUT2D eigenvalue weighted by atomic mass is 10.1. The van der Waals surface area contributed by atoms with Gasteiger partial charge in [0.1, 0.15) is 5.82 Å². The highest BCUT2D eigenvalue weighted by atomic mass is 15.1. The molecular formula is C42H26N4. The molecule has 0 bridgehead atoms. The van der Waals surface area contributed by atoms with E-state index in [1.54, 1.807) is 0 Å². The van der Waals surface area contributed by atoms with E-state index >= 15 is 0 Å². The number of nitrogens with zero attached hydrogens (tertiary/aromatic N) is 4. The summed E-state index contributed by atoms with van der Waals surface area (Å²) >= 11 is 0. The predicted molar refractivity (Wildman–Crippen MR) is 191 cm³/mol. The molecule has 4 nitrogen and oxygen atoms in total. The zero-order valence-electron chi connectivity index (χ0n) is 24.8. The second kappa shape index (κ2) is 9.62. The molecule has 0 aliphatic rings. The third-order valence-electron chi connectivity index (χ3n) is 9.28. The van der Waals surface area contributed by atoms with Crippen LogP contribution in [0.3, 0.4) is 0 Å². The van der Waals surface area contributed by atoms with Crippen LogP contribution in [0, 0.1) is 0 Å². The van der Waals surface area contributed by atoms with Crippen LogP contribution in [0.1, 0.15) is 0 Å². The maximum absolute atomic E-state index is 5.22. The number of pyridine rings is 1. The average Bonchev–Trinajstić information content (AvgIpc) is 3.67. The molecular weight excluding hydrogens is 560 g/mol. The van der Waals surface area contributed by atoms with Crippen molar-refractivity contribution >= 4 is 59.9 Å². The lowest BCUT2D eigenvalue weighted by Gasteiger charge is -2.12. The van der Waals surface area contributed by atoms with Crippen LogP contribution in [-0.2, 0) is 0 Å². The highest BCUT2D eigenvalue weighted by Gasteiger charge is 2.19. The van der Waals surface area contributed by atoms with Crippen molar-refractivity contribution in [2.75, 3.05) is 0 Å². The standard InChI is InChI=1S/C42H26N4/c1-3-13-27(14-4-1)35-26-41(44-42(43-35)28-15-5-2-6-16-28)46-37-22-12-10-20-33(37)34-25-38-29(24-40(34)46)23-39-32-19-8-7-17-30(32)31-18-9-11-21-36(31)45(38)39/h1-26H. The Kier molecular flexibility index (Phi) is 5.25. The van der Waals surface area contributed by atoms with Gasteiger partial charge in [-0.25, -0.2) is 9.97 Å². The summed E-state index contributed by atoms with van der Waals surface area (Å²) in [5, 5.41) is 7.37. The number of aromatic nitrogens is 4. The topological polar surface area (TPSA) is 35.1 Å². The minimum absolute atomic E-state index is 0.705. The summed E-state index contributed by atoms with van der Waals surface area (Å²) < 4.78 is 4.74. The minimum Gasteiger partial charge on any atom is -0.309 e. The highest BCUT2D eigenvalue weighted by Crippen LogP contribution is 2.39. The highest BCUT2D eigenvalue weighted by molar-refractivity contribution is 6.18. The van der Waals surface area contributed by atoms with Crippen LogP contribution < -0.4 is 0 Å². The van der Waals surface area contributed by atoms with Crippen LogP contribution in [0.15, 0.2) is 158 Å². The van der Waals surface area contributed by atoms with Gasteiger partial charge in [0.25, 0.3) is 0 Å². The first kappa shape index (κ1) is 25.1. The van der Waals surface area contributed by atoms with Gasteiger partial charge < -0.3 is 4.40 Å². The van der Waals surface area contributed by atoms with Crippen LogP contribution in [0.25, 0.3) is 88.4 Å². The van der Waals surface area contributed by atoms with Crippen molar-refractivity contribution in [3.8, 4) is 28.5 Å². The van der Waals surface area contributed by atoms with Crippen molar-refractivity contribution in [2.24, 2.45) is 0 Å². The maximum atomic E-state index is 5.22. The SMILES string of the molecule is c1ccc(-c2cc(-n3c4ccccc4c4cc5c(cc43)cc3c4ccccc4c4ccccc4n53)nc(-c3ccccc3)n2)cc1. The largest absolute Gasteiger partial charge is 0.309 e. The number of fused-ring (bicyclic) bond motifs is 11. The summed E-state index contributed by atoms with van der Waals surface area (Å²) in [4.78, 5) is 10.3. The summed E-state index contributed by atoms with van der Waals surface area (Å²) in [6.45, 7) is 0. The molecule has 4 heterocycles. The van der Waals surface area contributed by atoms with Gasteiger partial charge in [0.15, 0.2) is 5.82 Å². The summed E-state index contributed by atoms with van der Waals surface area (Å²) in [5.74, 6) is 1.55. The number of para-hydroxylation sites is 2. The number of hydrogen-bond acceptors (Lipinski definition) is 2. The Labute approximate surface area is 264 Å². The van der Waals surface area contributed by atoms with Gasteiger partial charge in [-0.1, -0.05) is 121 Å². The second-order valence-corrected chi connectivity index (χ2v) is 11.9. The number of rotatable bonds is 3. The molecule has 10 rings (SSSR count). The molecule has 4 aromatic heterocycles. The molecule has 46 heavy (non-hydrogen) atoms. The molecule has 4 heteroatoms. The van der Waals surface area contributed by atoms with Crippen molar-refractivity contribution in [3.63, 3.8) is 0 Å². The molecule has 6 aromatic carbocycles. The van der Waals surface area contributed by atoms with Gasteiger partial charge in [-0.3, -0.25) is 4.57 Å². The third kappa shape index (κ3) is 3.61. The average molecular weight is 587 g/mol. The Hall–Kier alpha value is -6.26. The molecule has 0 saturated carbocycles. The van der Waals surface area contributed by atoms with Crippen molar-refractivity contribution < 1.29 is 0 Å². The third-order valence-corrected chi connectivity index (χ3v) is 9.28. The molecule has 0 aliphatic heterocycles. The van der Waals surface area contributed by atoms with E-state index in [1.165, 1.54) is 48.9 Å². The smallest absolute Gasteiger partial charge is 0.162 e. The van der Waals surface area contributed by atoms with E-state index in [0.29, 0.717) is 5.82 Å². The molecule has 0 aliphatic carbocycles. The van der Waals surface area contributed by atoms with Gasteiger partial charge in [0.2, 0.25) is 0 Å². The molecule has 0 N–H and O–H groups in total. The van der Waals surface area contributed by atoms with E-state index < -0.39 is 0 Å². The lowest BCUT2D eigenvalue weighted by Crippen LogP contribution is -2.02.